The summed E-state index contributed by atoms with van der Waals surface area (Å²) in [5.74, 6) is 1.37. The van der Waals surface area contributed by atoms with E-state index < -0.39 is 0 Å². The number of rotatable bonds is 4. The van der Waals surface area contributed by atoms with Gasteiger partial charge in [-0.05, 0) is 31.0 Å². The van der Waals surface area contributed by atoms with Crippen LogP contribution in [0.2, 0.25) is 5.02 Å². The van der Waals surface area contributed by atoms with Crippen LogP contribution in [-0.2, 0) is 0 Å². The highest BCUT2D eigenvalue weighted by molar-refractivity contribution is 7.09. The highest BCUT2D eigenvalue weighted by atomic mass is 35.5. The van der Waals surface area contributed by atoms with Crippen LogP contribution in [0.15, 0.2) is 18.2 Å². The van der Waals surface area contributed by atoms with Gasteiger partial charge in [0.05, 0.1) is 12.7 Å². The van der Waals surface area contributed by atoms with Crippen LogP contribution in [0, 0.1) is 0 Å². The predicted molar refractivity (Wildman–Crippen MR) is 73.6 cm³/mol. The monoisotopic (exact) mass is 281 g/mol. The summed E-state index contributed by atoms with van der Waals surface area (Å²) in [7, 11) is 1.62. The predicted octanol–water partition coefficient (Wildman–Crippen LogP) is 3.44. The van der Waals surface area contributed by atoms with Crippen LogP contribution in [0.5, 0.6) is 5.75 Å². The average Bonchev–Trinajstić information content (AvgIpc) is 3.06. The number of hydrogen-bond acceptors (Lipinski definition) is 5. The highest BCUT2D eigenvalue weighted by Gasteiger charge is 2.22. The first-order valence-electron chi connectivity index (χ1n) is 5.70. The maximum atomic E-state index is 5.93. The van der Waals surface area contributed by atoms with Crippen molar-refractivity contribution >= 4 is 28.3 Å². The molecule has 0 amide bonds. The summed E-state index contributed by atoms with van der Waals surface area (Å²) in [5, 5.41) is 4.84. The number of aromatic nitrogens is 2. The summed E-state index contributed by atoms with van der Waals surface area (Å²) in [4.78, 5) is 4.47. The van der Waals surface area contributed by atoms with Crippen molar-refractivity contribution in [3.05, 3.63) is 23.2 Å². The second-order valence-corrected chi connectivity index (χ2v) is 5.37. The van der Waals surface area contributed by atoms with Crippen molar-refractivity contribution in [3.8, 4) is 17.1 Å². The third kappa shape index (κ3) is 2.42. The van der Waals surface area contributed by atoms with Crippen molar-refractivity contribution in [1.29, 1.82) is 0 Å². The number of nitrogens with one attached hydrogen (secondary N) is 1. The Balaban J connectivity index is 1.90. The smallest absolute Gasteiger partial charge is 0.203 e. The number of halogens is 1. The van der Waals surface area contributed by atoms with Gasteiger partial charge in [0, 0.05) is 22.6 Å². The Hall–Kier alpha value is -1.33. The fraction of sp³-hybridized carbons (Fsp3) is 0.333. The van der Waals surface area contributed by atoms with E-state index in [-0.39, 0.29) is 0 Å². The normalized spacial score (nSPS) is 14.6. The molecule has 6 heteroatoms. The highest BCUT2D eigenvalue weighted by Crippen LogP contribution is 2.33. The molecule has 1 aromatic heterocycles. The first-order chi connectivity index (χ1) is 8.76. The molecule has 0 atom stereocenters. The lowest BCUT2D eigenvalue weighted by atomic mass is 10.2. The fourth-order valence-electron chi connectivity index (χ4n) is 1.64. The third-order valence-corrected chi connectivity index (χ3v) is 3.62. The number of methoxy groups -OCH3 is 1. The van der Waals surface area contributed by atoms with Crippen LogP contribution in [-0.4, -0.2) is 22.5 Å². The molecule has 1 heterocycles. The van der Waals surface area contributed by atoms with Gasteiger partial charge in [-0.3, -0.25) is 0 Å². The Morgan fingerprint density at radius 1 is 1.44 bits per heavy atom. The molecule has 0 unspecified atom stereocenters. The largest absolute Gasteiger partial charge is 0.496 e. The standard InChI is InChI=1S/C12H12ClN3OS/c1-17-10-6-7(13)2-5-9(10)11-15-12(18-16-11)14-8-3-4-8/h2,5-6,8H,3-4H2,1H3,(H,14,15,16). The zero-order chi connectivity index (χ0) is 12.5. The molecular formula is C12H12ClN3OS. The Morgan fingerprint density at radius 2 is 2.28 bits per heavy atom. The van der Waals surface area contributed by atoms with Crippen molar-refractivity contribution in [2.24, 2.45) is 0 Å². The lowest BCUT2D eigenvalue weighted by Gasteiger charge is -2.05. The average molecular weight is 282 g/mol. The SMILES string of the molecule is COc1cc(Cl)ccc1-c1nsc(NC2CC2)n1. The Kier molecular flexibility index (Phi) is 3.09. The molecule has 4 nitrogen and oxygen atoms in total. The number of nitrogens with zero attached hydrogens (tertiary/aromatic N) is 2. The minimum Gasteiger partial charge on any atom is -0.496 e. The van der Waals surface area contributed by atoms with E-state index in [4.69, 9.17) is 16.3 Å². The summed E-state index contributed by atoms with van der Waals surface area (Å²) < 4.78 is 9.65. The van der Waals surface area contributed by atoms with Gasteiger partial charge in [0.25, 0.3) is 0 Å². The lowest BCUT2D eigenvalue weighted by molar-refractivity contribution is 0.416. The molecule has 1 saturated carbocycles. The number of benzene rings is 1. The van der Waals surface area contributed by atoms with Gasteiger partial charge in [-0.15, -0.1) is 0 Å². The molecule has 0 saturated heterocycles. The van der Waals surface area contributed by atoms with Gasteiger partial charge in [0.1, 0.15) is 5.75 Å². The molecule has 1 aliphatic carbocycles. The molecular weight excluding hydrogens is 270 g/mol. The Labute approximate surface area is 114 Å². The number of ether oxygens (including phenoxy) is 1. The van der Waals surface area contributed by atoms with Gasteiger partial charge in [0.2, 0.25) is 5.13 Å². The molecule has 94 valence electrons. The quantitative estimate of drug-likeness (QED) is 0.932. The molecule has 1 N–H and O–H groups in total. The molecule has 0 radical (unpaired) electrons. The summed E-state index contributed by atoms with van der Waals surface area (Å²) >= 11 is 7.31. The van der Waals surface area contributed by atoms with Crippen molar-refractivity contribution in [1.82, 2.24) is 9.36 Å². The molecule has 0 bridgehead atoms. The zero-order valence-corrected chi connectivity index (χ0v) is 11.4. The topological polar surface area (TPSA) is 47.0 Å². The van der Waals surface area contributed by atoms with E-state index in [0.29, 0.717) is 22.6 Å². The second kappa shape index (κ2) is 4.74. The summed E-state index contributed by atoms with van der Waals surface area (Å²) in [6.45, 7) is 0. The summed E-state index contributed by atoms with van der Waals surface area (Å²) in [6, 6.07) is 6.04. The van der Waals surface area contributed by atoms with E-state index in [1.807, 2.05) is 12.1 Å². The Morgan fingerprint density at radius 3 is 3.00 bits per heavy atom. The summed E-state index contributed by atoms with van der Waals surface area (Å²) in [6.07, 6.45) is 2.44. The zero-order valence-electron chi connectivity index (χ0n) is 9.81. The lowest BCUT2D eigenvalue weighted by Crippen LogP contribution is -1.99. The van der Waals surface area contributed by atoms with Crippen LogP contribution in [0.25, 0.3) is 11.4 Å². The van der Waals surface area contributed by atoms with E-state index >= 15 is 0 Å². The maximum absolute atomic E-state index is 5.93. The number of hydrogen-bond donors (Lipinski definition) is 1. The van der Waals surface area contributed by atoms with E-state index in [1.165, 1.54) is 24.4 Å². The number of anilines is 1. The summed E-state index contributed by atoms with van der Waals surface area (Å²) in [5.41, 5.74) is 0.863. The van der Waals surface area contributed by atoms with Crippen LogP contribution in [0.3, 0.4) is 0 Å². The van der Waals surface area contributed by atoms with Crippen LogP contribution in [0.4, 0.5) is 5.13 Å². The van der Waals surface area contributed by atoms with Gasteiger partial charge < -0.3 is 10.1 Å². The second-order valence-electron chi connectivity index (χ2n) is 4.19. The van der Waals surface area contributed by atoms with Gasteiger partial charge in [-0.25, -0.2) is 0 Å². The van der Waals surface area contributed by atoms with Crippen molar-refractivity contribution in [2.45, 2.75) is 18.9 Å². The molecule has 18 heavy (non-hydrogen) atoms. The van der Waals surface area contributed by atoms with Gasteiger partial charge in [-0.2, -0.15) is 9.36 Å². The molecule has 3 rings (SSSR count). The molecule has 0 aliphatic heterocycles. The van der Waals surface area contributed by atoms with E-state index in [9.17, 15) is 0 Å². The van der Waals surface area contributed by atoms with Crippen molar-refractivity contribution < 1.29 is 4.74 Å². The van der Waals surface area contributed by atoms with Crippen LogP contribution in [0.1, 0.15) is 12.8 Å². The van der Waals surface area contributed by atoms with E-state index in [0.717, 1.165) is 10.7 Å². The van der Waals surface area contributed by atoms with E-state index in [2.05, 4.69) is 14.7 Å². The Bertz CT molecular complexity index is 568. The van der Waals surface area contributed by atoms with E-state index in [1.54, 1.807) is 13.2 Å². The minimum absolute atomic E-state index is 0.581. The molecule has 1 aromatic carbocycles. The third-order valence-electron chi connectivity index (χ3n) is 2.74. The van der Waals surface area contributed by atoms with Gasteiger partial charge in [-0.1, -0.05) is 11.6 Å². The van der Waals surface area contributed by atoms with Gasteiger partial charge >= 0.3 is 0 Å². The van der Waals surface area contributed by atoms with Crippen LogP contribution >= 0.6 is 23.1 Å². The molecule has 2 aromatic rings. The molecule has 1 fully saturated rings. The van der Waals surface area contributed by atoms with Crippen molar-refractivity contribution in [3.63, 3.8) is 0 Å². The first kappa shape index (κ1) is 11.7. The molecule has 1 aliphatic rings. The maximum Gasteiger partial charge on any atom is 0.203 e. The van der Waals surface area contributed by atoms with Crippen molar-refractivity contribution in [2.75, 3.05) is 12.4 Å². The molecule has 0 spiro atoms. The fourth-order valence-corrected chi connectivity index (χ4v) is 2.46. The van der Waals surface area contributed by atoms with Crippen LogP contribution < -0.4 is 10.1 Å². The minimum atomic E-state index is 0.581. The first-order valence-corrected chi connectivity index (χ1v) is 6.85. The van der Waals surface area contributed by atoms with Gasteiger partial charge in [0.15, 0.2) is 5.82 Å².